The van der Waals surface area contributed by atoms with Gasteiger partial charge in [-0.1, -0.05) is 12.1 Å². The summed E-state index contributed by atoms with van der Waals surface area (Å²) in [5, 5.41) is 28.4. The van der Waals surface area contributed by atoms with Crippen LogP contribution < -0.4 is 9.80 Å². The van der Waals surface area contributed by atoms with E-state index in [-0.39, 0.29) is 0 Å². The summed E-state index contributed by atoms with van der Waals surface area (Å²) in [7, 11) is 0. The van der Waals surface area contributed by atoms with Crippen LogP contribution in [0.1, 0.15) is 49.7 Å². The molecule has 5 aromatic carbocycles. The van der Waals surface area contributed by atoms with E-state index in [2.05, 4.69) is 70.5 Å². The highest BCUT2D eigenvalue weighted by Crippen LogP contribution is 2.45. The third-order valence-electron chi connectivity index (χ3n) is 9.88. The lowest BCUT2D eigenvalue weighted by atomic mass is 9.96. The van der Waals surface area contributed by atoms with E-state index in [1.807, 2.05) is 12.1 Å². The molecule has 6 nitrogen and oxygen atoms in total. The normalized spacial score (nSPS) is 16.0. The molecule has 214 valence electrons. The SMILES string of the molecule is N#Cc1c2oc3cc4cc(N5CCCCC5)ccc4cc3c2c(C#N)c2c1oc1cc3cc(N4CCCCC4)ccc3cc12. The van der Waals surface area contributed by atoms with Crippen LogP contribution in [0, 0.1) is 22.7 Å². The fraction of sp³-hybridized carbons (Fsp3) is 0.263. The molecule has 2 aromatic heterocycles. The lowest BCUT2D eigenvalue weighted by Gasteiger charge is -2.29. The molecule has 0 spiro atoms. The smallest absolute Gasteiger partial charge is 0.158 e. The van der Waals surface area contributed by atoms with Gasteiger partial charge in [0.15, 0.2) is 11.2 Å². The predicted octanol–water partition coefficient (Wildman–Crippen LogP) is 9.52. The van der Waals surface area contributed by atoms with E-state index in [4.69, 9.17) is 8.83 Å². The van der Waals surface area contributed by atoms with Gasteiger partial charge >= 0.3 is 0 Å². The van der Waals surface area contributed by atoms with Crippen molar-refractivity contribution in [3.63, 3.8) is 0 Å². The Hall–Kier alpha value is -5.20. The standard InChI is InChI=1S/C38H30N4O2/c39-21-31-35-29-17-23-7-9-27(41-11-3-1-4-12-41)15-25(23)19-33(29)43-37(35)32(22-40)38-36(31)30-18-24-8-10-28(42-13-5-2-6-14-42)16-26(24)20-34(30)44-38/h7-10,15-20H,1-6,11-14H2. The summed E-state index contributed by atoms with van der Waals surface area (Å²) in [6, 6.07) is 26.3. The molecule has 0 radical (unpaired) electrons. The summed E-state index contributed by atoms with van der Waals surface area (Å²) in [6.45, 7) is 4.32. The van der Waals surface area contributed by atoms with Crippen LogP contribution in [0.5, 0.6) is 0 Å². The molecule has 2 aliphatic heterocycles. The molecule has 0 N–H and O–H groups in total. The predicted molar refractivity (Wildman–Crippen MR) is 178 cm³/mol. The van der Waals surface area contributed by atoms with Crippen LogP contribution in [0.3, 0.4) is 0 Å². The van der Waals surface area contributed by atoms with E-state index < -0.39 is 0 Å². The Morgan fingerprint density at radius 3 is 1.39 bits per heavy atom. The monoisotopic (exact) mass is 574 g/mol. The molecule has 2 saturated heterocycles. The number of nitrogens with zero attached hydrogens (tertiary/aromatic N) is 4. The highest BCUT2D eigenvalue weighted by Gasteiger charge is 2.26. The highest BCUT2D eigenvalue weighted by molar-refractivity contribution is 6.24. The van der Waals surface area contributed by atoms with E-state index in [0.29, 0.717) is 44.2 Å². The van der Waals surface area contributed by atoms with Gasteiger partial charge in [0.1, 0.15) is 28.9 Å². The lowest BCUT2D eigenvalue weighted by molar-refractivity contribution is 0.578. The number of rotatable bonds is 2. The quantitative estimate of drug-likeness (QED) is 0.205. The van der Waals surface area contributed by atoms with E-state index >= 15 is 0 Å². The molecular weight excluding hydrogens is 544 g/mol. The first-order valence-electron chi connectivity index (χ1n) is 15.8. The lowest BCUT2D eigenvalue weighted by Crippen LogP contribution is -2.29. The number of piperidine rings is 2. The van der Waals surface area contributed by atoms with Crippen LogP contribution in [0.2, 0.25) is 0 Å². The van der Waals surface area contributed by atoms with E-state index in [1.54, 1.807) is 0 Å². The summed E-state index contributed by atoms with van der Waals surface area (Å²) in [5.74, 6) is 0. The van der Waals surface area contributed by atoms with Crippen molar-refractivity contribution in [1.82, 2.24) is 0 Å². The maximum Gasteiger partial charge on any atom is 0.158 e. The van der Waals surface area contributed by atoms with Gasteiger partial charge in [-0.25, -0.2) is 0 Å². The molecule has 2 aliphatic rings. The average molecular weight is 575 g/mol. The molecule has 0 aliphatic carbocycles. The van der Waals surface area contributed by atoms with Gasteiger partial charge in [0.2, 0.25) is 0 Å². The number of fused-ring (bicyclic) bond motifs is 8. The number of furan rings is 2. The second-order valence-corrected chi connectivity index (χ2v) is 12.4. The molecule has 0 atom stereocenters. The summed E-state index contributed by atoms with van der Waals surface area (Å²) in [5.41, 5.74) is 5.43. The molecule has 0 amide bonds. The summed E-state index contributed by atoms with van der Waals surface area (Å²) >= 11 is 0. The third-order valence-corrected chi connectivity index (χ3v) is 9.88. The minimum absolute atomic E-state index is 0.331. The first kappa shape index (κ1) is 25.3. The molecule has 0 unspecified atom stereocenters. The van der Waals surface area contributed by atoms with Crippen molar-refractivity contribution in [3.8, 4) is 12.1 Å². The molecule has 6 heteroatoms. The fourth-order valence-corrected chi connectivity index (χ4v) is 7.64. The first-order valence-corrected chi connectivity index (χ1v) is 15.8. The van der Waals surface area contributed by atoms with Gasteiger partial charge in [0.05, 0.1) is 5.56 Å². The molecule has 0 bridgehead atoms. The number of anilines is 2. The van der Waals surface area contributed by atoms with Crippen molar-refractivity contribution in [2.24, 2.45) is 0 Å². The largest absolute Gasteiger partial charge is 0.454 e. The zero-order valence-electron chi connectivity index (χ0n) is 24.4. The molecule has 9 rings (SSSR count). The van der Waals surface area contributed by atoms with Gasteiger partial charge < -0.3 is 18.6 Å². The fourth-order valence-electron chi connectivity index (χ4n) is 7.64. The second-order valence-electron chi connectivity index (χ2n) is 12.4. The number of benzene rings is 5. The van der Waals surface area contributed by atoms with Crippen LogP contribution in [-0.4, -0.2) is 26.2 Å². The van der Waals surface area contributed by atoms with Crippen LogP contribution in [0.4, 0.5) is 11.4 Å². The van der Waals surface area contributed by atoms with Crippen molar-refractivity contribution in [2.45, 2.75) is 38.5 Å². The van der Waals surface area contributed by atoms with Crippen molar-refractivity contribution in [3.05, 3.63) is 71.8 Å². The maximum absolute atomic E-state index is 10.6. The Labute approximate surface area is 254 Å². The summed E-state index contributed by atoms with van der Waals surface area (Å²) in [6.07, 6.45) is 7.47. The zero-order chi connectivity index (χ0) is 29.4. The number of hydrogen-bond acceptors (Lipinski definition) is 6. The van der Waals surface area contributed by atoms with Gasteiger partial charge in [0, 0.05) is 59.1 Å². The Balaban J connectivity index is 1.27. The minimum atomic E-state index is 0.331. The molecule has 2 fully saturated rings. The van der Waals surface area contributed by atoms with Crippen molar-refractivity contribution in [1.29, 1.82) is 10.5 Å². The average Bonchev–Trinajstić information content (AvgIpc) is 3.63. The van der Waals surface area contributed by atoms with Gasteiger partial charge in [-0.05, 0) is 109 Å². The molecular formula is C38H30N4O2. The number of hydrogen-bond donors (Lipinski definition) is 0. The Kier molecular flexibility index (Phi) is 5.56. The van der Waals surface area contributed by atoms with Crippen molar-refractivity contribution < 1.29 is 8.83 Å². The minimum Gasteiger partial charge on any atom is -0.454 e. The van der Waals surface area contributed by atoms with Crippen LogP contribution >= 0.6 is 0 Å². The Morgan fingerprint density at radius 2 is 0.955 bits per heavy atom. The maximum atomic E-state index is 10.6. The molecule has 0 saturated carbocycles. The first-order chi connectivity index (χ1) is 21.7. The van der Waals surface area contributed by atoms with Crippen LogP contribution in [0.15, 0.2) is 69.5 Å². The van der Waals surface area contributed by atoms with E-state index in [9.17, 15) is 10.5 Å². The molecule has 44 heavy (non-hydrogen) atoms. The Bertz CT molecular complexity index is 2240. The van der Waals surface area contributed by atoms with Gasteiger partial charge in [0.25, 0.3) is 0 Å². The van der Waals surface area contributed by atoms with Crippen molar-refractivity contribution >= 4 is 76.8 Å². The molecule has 7 aromatic rings. The summed E-state index contributed by atoms with van der Waals surface area (Å²) < 4.78 is 12.8. The second kappa shape index (κ2) is 9.66. The zero-order valence-corrected chi connectivity index (χ0v) is 24.4. The van der Waals surface area contributed by atoms with Crippen LogP contribution in [0.25, 0.3) is 65.4 Å². The molecule has 4 heterocycles. The van der Waals surface area contributed by atoms with Crippen molar-refractivity contribution in [2.75, 3.05) is 36.0 Å². The van der Waals surface area contributed by atoms with E-state index in [0.717, 1.165) is 58.5 Å². The van der Waals surface area contributed by atoms with E-state index in [1.165, 1.54) is 49.9 Å². The van der Waals surface area contributed by atoms with Gasteiger partial charge in [-0.15, -0.1) is 0 Å². The van der Waals surface area contributed by atoms with Crippen LogP contribution in [-0.2, 0) is 0 Å². The van der Waals surface area contributed by atoms with Gasteiger partial charge in [-0.3, -0.25) is 0 Å². The third kappa shape index (κ3) is 3.71. The number of nitriles is 2. The topological polar surface area (TPSA) is 80.3 Å². The summed E-state index contributed by atoms with van der Waals surface area (Å²) in [4.78, 5) is 4.90. The Morgan fingerprint density at radius 1 is 0.500 bits per heavy atom. The van der Waals surface area contributed by atoms with Gasteiger partial charge in [-0.2, -0.15) is 10.5 Å². The highest BCUT2D eigenvalue weighted by atomic mass is 16.3.